The molecule has 1 heterocycles. The zero-order valence-electron chi connectivity index (χ0n) is 17.6. The van der Waals surface area contributed by atoms with E-state index in [4.69, 9.17) is 4.74 Å². The van der Waals surface area contributed by atoms with Crippen LogP contribution in [0.2, 0.25) is 0 Å². The van der Waals surface area contributed by atoms with Crippen molar-refractivity contribution in [3.05, 3.63) is 60.2 Å². The summed E-state index contributed by atoms with van der Waals surface area (Å²) < 4.78 is 5.34. The minimum atomic E-state index is -0.899. The molecule has 6 nitrogen and oxygen atoms in total. The van der Waals surface area contributed by atoms with Gasteiger partial charge in [0.2, 0.25) is 5.91 Å². The van der Waals surface area contributed by atoms with E-state index in [0.717, 1.165) is 21.2 Å². The van der Waals surface area contributed by atoms with Crippen LogP contribution in [0, 0.1) is 29.6 Å². The minimum absolute atomic E-state index is 0.271. The Morgan fingerprint density at radius 2 is 1.91 bits per heavy atom. The lowest BCUT2D eigenvalue weighted by molar-refractivity contribution is -0.164. The van der Waals surface area contributed by atoms with Crippen molar-refractivity contribution in [2.24, 2.45) is 5.92 Å². The highest BCUT2D eigenvalue weighted by Gasteiger charge is 2.54. The Labute approximate surface area is 186 Å². The Morgan fingerprint density at radius 1 is 1.12 bits per heavy atom. The number of hydrogen-bond acceptors (Lipinski definition) is 4. The largest absolute Gasteiger partial charge is 0.447 e. The number of carbonyl (C=O) groups is 3. The fourth-order valence-electron chi connectivity index (χ4n) is 4.06. The van der Waals surface area contributed by atoms with Crippen molar-refractivity contribution in [3.8, 4) is 23.7 Å². The summed E-state index contributed by atoms with van der Waals surface area (Å²) in [6, 6.07) is 12.9. The van der Waals surface area contributed by atoms with Crippen LogP contribution in [0.5, 0.6) is 0 Å². The molecule has 2 aliphatic rings. The van der Waals surface area contributed by atoms with Gasteiger partial charge in [0.1, 0.15) is 6.04 Å². The number of hydrogen-bond donors (Lipinski definition) is 1. The highest BCUT2D eigenvalue weighted by Crippen LogP contribution is 2.33. The maximum atomic E-state index is 12.9. The first-order valence-electron chi connectivity index (χ1n) is 10.5. The molecule has 1 aliphatic carbocycles. The van der Waals surface area contributed by atoms with E-state index in [1.165, 1.54) is 6.92 Å². The minimum Gasteiger partial charge on any atom is -0.447 e. The first-order chi connectivity index (χ1) is 15.6. The Bertz CT molecular complexity index is 1220. The van der Waals surface area contributed by atoms with Crippen LogP contribution in [0.3, 0.4) is 0 Å². The monoisotopic (exact) mass is 426 g/mol. The first kappa shape index (κ1) is 21.2. The van der Waals surface area contributed by atoms with Crippen LogP contribution in [0.4, 0.5) is 4.79 Å². The first-order valence-corrected chi connectivity index (χ1v) is 10.5. The predicted octanol–water partition coefficient (Wildman–Crippen LogP) is 2.82. The molecule has 1 fully saturated rings. The standard InChI is InChI=1S/C26H22N2O4/c1-18(29)32-23-15-6-4-2-3-5-14-22-24(23)28(25(22)30)26(31)27-17-16-20-12-9-11-19-10-7-8-13-21(19)20/h2,4,7-13,22-24H,14,16-17H2,1H3,(H,27,31)/b4-2-/t22-,23-,24+/m1/s1. The van der Waals surface area contributed by atoms with E-state index in [0.29, 0.717) is 13.0 Å². The van der Waals surface area contributed by atoms with E-state index in [1.54, 1.807) is 12.2 Å². The number of nitrogens with one attached hydrogen (secondary N) is 1. The average Bonchev–Trinajstić information content (AvgIpc) is 2.78. The number of allylic oxidation sites excluding steroid dienone is 2. The molecule has 0 spiro atoms. The summed E-state index contributed by atoms with van der Waals surface area (Å²) >= 11 is 0. The molecule has 6 heteroatoms. The second-order valence-electron chi connectivity index (χ2n) is 7.60. The zero-order valence-corrected chi connectivity index (χ0v) is 17.6. The summed E-state index contributed by atoms with van der Waals surface area (Å²) in [5, 5.41) is 5.10. The third kappa shape index (κ3) is 4.36. The quantitative estimate of drug-likeness (QED) is 0.464. The smallest absolute Gasteiger partial charge is 0.324 e. The lowest BCUT2D eigenvalue weighted by Gasteiger charge is -2.46. The third-order valence-corrected chi connectivity index (χ3v) is 5.54. The van der Waals surface area contributed by atoms with E-state index in [2.05, 4.69) is 29.0 Å². The van der Waals surface area contributed by atoms with E-state index < -0.39 is 30.1 Å². The number of nitrogens with zero attached hydrogens (tertiary/aromatic N) is 1. The second kappa shape index (κ2) is 9.41. The lowest BCUT2D eigenvalue weighted by atomic mass is 9.81. The highest BCUT2D eigenvalue weighted by atomic mass is 16.5. The van der Waals surface area contributed by atoms with Crippen molar-refractivity contribution in [1.82, 2.24) is 10.2 Å². The number of β-lactam (4-membered cyclic amide) rings is 1. The van der Waals surface area contributed by atoms with E-state index in [9.17, 15) is 14.4 Å². The molecule has 1 aliphatic heterocycles. The van der Waals surface area contributed by atoms with Crippen molar-refractivity contribution < 1.29 is 19.1 Å². The number of carbonyl (C=O) groups excluding carboxylic acids is 3. The maximum absolute atomic E-state index is 12.9. The summed E-state index contributed by atoms with van der Waals surface area (Å²) in [7, 11) is 0. The Balaban J connectivity index is 1.47. The van der Waals surface area contributed by atoms with Gasteiger partial charge < -0.3 is 10.1 Å². The summed E-state index contributed by atoms with van der Waals surface area (Å²) in [6.45, 7) is 1.64. The number of likely N-dealkylation sites (tertiary alicyclic amines) is 1. The van der Waals surface area contributed by atoms with Gasteiger partial charge in [-0.3, -0.25) is 14.5 Å². The molecule has 2 aromatic rings. The molecule has 160 valence electrons. The van der Waals surface area contributed by atoms with Crippen LogP contribution in [-0.4, -0.2) is 41.5 Å². The summed E-state index contributed by atoms with van der Waals surface area (Å²) in [5.74, 6) is 9.93. The SMILES string of the molecule is CC(=O)O[C@@H]1C#C/C=C\C#CC[C@H]2C(=O)N(C(=O)NCCc3cccc4ccccc34)[C@H]12. The highest BCUT2D eigenvalue weighted by molar-refractivity contribution is 6.02. The second-order valence-corrected chi connectivity index (χ2v) is 7.60. The van der Waals surface area contributed by atoms with Crippen LogP contribution in [-0.2, 0) is 20.7 Å². The van der Waals surface area contributed by atoms with Crippen molar-refractivity contribution in [2.45, 2.75) is 31.9 Å². The van der Waals surface area contributed by atoms with Gasteiger partial charge >= 0.3 is 12.0 Å². The van der Waals surface area contributed by atoms with Crippen molar-refractivity contribution in [2.75, 3.05) is 6.54 Å². The molecule has 3 amide bonds. The Morgan fingerprint density at radius 3 is 2.75 bits per heavy atom. The summed E-state index contributed by atoms with van der Waals surface area (Å²) in [6.07, 6.45) is 3.13. The topological polar surface area (TPSA) is 75.7 Å². The van der Waals surface area contributed by atoms with Gasteiger partial charge in [-0.15, -0.1) is 0 Å². The van der Waals surface area contributed by atoms with Crippen LogP contribution in [0.15, 0.2) is 54.6 Å². The third-order valence-electron chi connectivity index (χ3n) is 5.54. The molecule has 3 atom stereocenters. The molecule has 0 radical (unpaired) electrons. The summed E-state index contributed by atoms with van der Waals surface area (Å²) in [4.78, 5) is 38.3. The molecular weight excluding hydrogens is 404 g/mol. The van der Waals surface area contributed by atoms with Crippen LogP contribution >= 0.6 is 0 Å². The number of benzene rings is 2. The van der Waals surface area contributed by atoms with Gasteiger partial charge in [0.05, 0.1) is 5.92 Å². The van der Waals surface area contributed by atoms with E-state index in [-0.39, 0.29) is 12.3 Å². The number of rotatable bonds is 4. The zero-order chi connectivity index (χ0) is 22.5. The molecule has 0 bridgehead atoms. The van der Waals surface area contributed by atoms with Crippen LogP contribution < -0.4 is 5.32 Å². The van der Waals surface area contributed by atoms with Gasteiger partial charge in [-0.1, -0.05) is 66.1 Å². The molecule has 1 saturated heterocycles. The Hall–Kier alpha value is -4.03. The van der Waals surface area contributed by atoms with Gasteiger partial charge in [0, 0.05) is 19.9 Å². The van der Waals surface area contributed by atoms with Gasteiger partial charge in [-0.05, 0) is 34.9 Å². The van der Waals surface area contributed by atoms with Crippen molar-refractivity contribution in [1.29, 1.82) is 0 Å². The number of ether oxygens (including phenoxy) is 1. The molecule has 32 heavy (non-hydrogen) atoms. The van der Waals surface area contributed by atoms with Gasteiger partial charge in [-0.25, -0.2) is 4.79 Å². The maximum Gasteiger partial charge on any atom is 0.324 e. The lowest BCUT2D eigenvalue weighted by Crippen LogP contribution is -2.69. The molecule has 4 rings (SSSR count). The number of urea groups is 1. The van der Waals surface area contributed by atoms with E-state index in [1.807, 2.05) is 42.5 Å². The number of fused-ring (bicyclic) bond motifs is 2. The van der Waals surface area contributed by atoms with E-state index >= 15 is 0 Å². The van der Waals surface area contributed by atoms with Crippen molar-refractivity contribution >= 4 is 28.7 Å². The number of esters is 1. The van der Waals surface area contributed by atoms with Crippen molar-refractivity contribution in [3.63, 3.8) is 0 Å². The normalized spacial score (nSPS) is 22.2. The predicted molar refractivity (Wildman–Crippen MR) is 120 cm³/mol. The molecular formula is C26H22N2O4. The van der Waals surface area contributed by atoms with Gasteiger partial charge in [0.25, 0.3) is 0 Å². The number of imide groups is 1. The molecule has 1 N–H and O–H groups in total. The number of amides is 3. The summed E-state index contributed by atoms with van der Waals surface area (Å²) in [5.41, 5.74) is 1.11. The molecule has 0 unspecified atom stereocenters. The Kier molecular flexibility index (Phi) is 6.24. The fourth-order valence-corrected chi connectivity index (χ4v) is 4.06. The molecule has 2 aromatic carbocycles. The van der Waals surface area contributed by atoms with Gasteiger partial charge in [-0.2, -0.15) is 0 Å². The molecule has 0 aromatic heterocycles. The van der Waals surface area contributed by atoms with Crippen LogP contribution in [0.1, 0.15) is 18.9 Å². The fraction of sp³-hybridized carbons (Fsp3) is 0.269. The molecule has 0 saturated carbocycles. The van der Waals surface area contributed by atoms with Gasteiger partial charge in [0.15, 0.2) is 6.10 Å². The van der Waals surface area contributed by atoms with Crippen LogP contribution in [0.25, 0.3) is 10.8 Å². The average molecular weight is 426 g/mol.